The largest absolute Gasteiger partial charge is 0.488 e. The van der Waals surface area contributed by atoms with Gasteiger partial charge in [0, 0.05) is 17.0 Å². The van der Waals surface area contributed by atoms with E-state index in [4.69, 9.17) is 14.5 Å². The summed E-state index contributed by atoms with van der Waals surface area (Å²) in [6.07, 6.45) is 7.64. The molecule has 0 radical (unpaired) electrons. The smallest absolute Gasteiger partial charge is 0.407 e. The Labute approximate surface area is 290 Å². The van der Waals surface area contributed by atoms with Crippen molar-refractivity contribution in [1.82, 2.24) is 35.5 Å². The first-order chi connectivity index (χ1) is 24.4. The molecule has 1 saturated carbocycles. The third kappa shape index (κ3) is 5.12. The lowest BCUT2D eigenvalue weighted by Gasteiger charge is -2.33. The summed E-state index contributed by atoms with van der Waals surface area (Å²) in [6.45, 7) is 5.42. The molecular formula is C39H43N7O4. The lowest BCUT2D eigenvalue weighted by Crippen LogP contribution is -2.53. The normalized spacial score (nSPS) is 23.2. The Bertz CT molecular complexity index is 2130. The number of hydrogen-bond acceptors (Lipinski definition) is 7. The molecule has 2 amide bonds. The third-order valence-electron chi connectivity index (χ3n) is 11.5. The summed E-state index contributed by atoms with van der Waals surface area (Å²) in [7, 11) is 1.32. The molecular weight excluding hydrogens is 630 g/mol. The molecule has 2 saturated heterocycles. The molecule has 11 heteroatoms. The van der Waals surface area contributed by atoms with Gasteiger partial charge in [-0.3, -0.25) is 4.79 Å². The predicted molar refractivity (Wildman–Crippen MR) is 190 cm³/mol. The van der Waals surface area contributed by atoms with Crippen LogP contribution >= 0.6 is 0 Å². The van der Waals surface area contributed by atoms with E-state index < -0.39 is 12.1 Å². The number of imidazole rings is 2. The van der Waals surface area contributed by atoms with Gasteiger partial charge in [0.05, 0.1) is 42.1 Å². The maximum absolute atomic E-state index is 14.2. The summed E-state index contributed by atoms with van der Waals surface area (Å²) in [4.78, 5) is 45.4. The maximum Gasteiger partial charge on any atom is 0.407 e. The molecule has 1 aliphatic carbocycles. The molecule has 1 unspecified atom stereocenters. The van der Waals surface area contributed by atoms with Crippen LogP contribution in [0.5, 0.6) is 5.75 Å². The number of nitrogens with one attached hydrogen (secondary N) is 4. The Morgan fingerprint density at radius 3 is 2.74 bits per heavy atom. The molecule has 3 fully saturated rings. The number of amides is 2. The molecule has 5 atom stereocenters. The van der Waals surface area contributed by atoms with Crippen LogP contribution in [0, 0.1) is 11.8 Å². The van der Waals surface area contributed by atoms with Crippen LogP contribution in [0.25, 0.3) is 44.2 Å². The first kappa shape index (κ1) is 31.1. The van der Waals surface area contributed by atoms with Crippen LogP contribution in [0.15, 0.2) is 48.7 Å². The Balaban J connectivity index is 1.04. The lowest BCUT2D eigenvalue weighted by molar-refractivity contribution is -0.137. The average Bonchev–Trinajstić information content (AvgIpc) is 3.96. The van der Waals surface area contributed by atoms with E-state index in [-0.39, 0.29) is 23.9 Å². The quantitative estimate of drug-likeness (QED) is 0.154. The van der Waals surface area contributed by atoms with Gasteiger partial charge in [-0.05, 0) is 96.8 Å². The van der Waals surface area contributed by atoms with E-state index in [9.17, 15) is 9.59 Å². The molecule has 2 aromatic heterocycles. The fourth-order valence-electron chi connectivity index (χ4n) is 8.93. The number of benzene rings is 3. The van der Waals surface area contributed by atoms with E-state index in [1.165, 1.54) is 19.1 Å². The summed E-state index contributed by atoms with van der Waals surface area (Å²) in [5, 5.41) is 8.44. The summed E-state index contributed by atoms with van der Waals surface area (Å²) in [5.74, 6) is 2.89. The van der Waals surface area contributed by atoms with Gasteiger partial charge in [0.25, 0.3) is 0 Å². The summed E-state index contributed by atoms with van der Waals surface area (Å²) >= 11 is 0. The van der Waals surface area contributed by atoms with E-state index in [0.717, 1.165) is 100 Å². The molecule has 0 bridgehead atoms. The van der Waals surface area contributed by atoms with E-state index in [1.54, 1.807) is 0 Å². The Morgan fingerprint density at radius 2 is 1.92 bits per heavy atom. The number of likely N-dealkylation sites (tertiary alicyclic amines) is 1. The second-order valence-corrected chi connectivity index (χ2v) is 14.8. The Kier molecular flexibility index (Phi) is 7.56. The molecule has 5 heterocycles. The molecule has 258 valence electrons. The van der Waals surface area contributed by atoms with E-state index in [1.807, 2.05) is 24.9 Å². The topological polar surface area (TPSA) is 137 Å². The zero-order valence-corrected chi connectivity index (χ0v) is 28.7. The van der Waals surface area contributed by atoms with Gasteiger partial charge < -0.3 is 35.0 Å². The van der Waals surface area contributed by atoms with Crippen LogP contribution in [0.3, 0.4) is 0 Å². The van der Waals surface area contributed by atoms with Crippen molar-refractivity contribution in [3.05, 3.63) is 65.9 Å². The van der Waals surface area contributed by atoms with E-state index in [2.05, 4.69) is 68.1 Å². The number of carbonyl (C=O) groups excluding carboxylic acids is 2. The van der Waals surface area contributed by atoms with Crippen LogP contribution in [-0.2, 0) is 16.1 Å². The molecule has 4 aliphatic rings. The molecule has 11 nitrogen and oxygen atoms in total. The lowest BCUT2D eigenvalue weighted by atomic mass is 9.92. The SMILES string of the molecule is COC(=O)N[C@H](C(=O)N1[C@H](c2nc3ccc4cc5c(cc4c3[nH]2)OCc2cc(-c3cnc(C4CCCN4)[nH]3)ccc2-5)C[C@@H]2CCC[C@@H]21)C(C)C. The number of ether oxygens (including phenoxy) is 2. The third-order valence-corrected chi connectivity index (χ3v) is 11.5. The van der Waals surface area contributed by atoms with Gasteiger partial charge in [0.15, 0.2) is 0 Å². The predicted octanol–water partition coefficient (Wildman–Crippen LogP) is 6.91. The van der Waals surface area contributed by atoms with Crippen molar-refractivity contribution in [3.63, 3.8) is 0 Å². The van der Waals surface area contributed by atoms with E-state index >= 15 is 0 Å². The fraction of sp³-hybridized carbons (Fsp3) is 0.436. The zero-order valence-electron chi connectivity index (χ0n) is 28.7. The van der Waals surface area contributed by atoms with E-state index in [0.29, 0.717) is 18.6 Å². The van der Waals surface area contributed by atoms with Crippen molar-refractivity contribution in [2.75, 3.05) is 13.7 Å². The number of aromatic nitrogens is 4. The second kappa shape index (κ2) is 12.2. The number of H-pyrrole nitrogens is 2. The number of rotatable bonds is 6. The van der Waals surface area contributed by atoms with Gasteiger partial charge in [-0.2, -0.15) is 0 Å². The Morgan fingerprint density at radius 1 is 1.02 bits per heavy atom. The molecule has 5 aromatic rings. The average molecular weight is 674 g/mol. The number of fused-ring (bicyclic) bond motifs is 7. The number of alkyl carbamates (subject to hydrolysis) is 1. The summed E-state index contributed by atoms with van der Waals surface area (Å²) < 4.78 is 11.3. The minimum Gasteiger partial charge on any atom is -0.488 e. The summed E-state index contributed by atoms with van der Waals surface area (Å²) in [6, 6.07) is 14.7. The van der Waals surface area contributed by atoms with Gasteiger partial charge >= 0.3 is 6.09 Å². The molecule has 0 spiro atoms. The van der Waals surface area contributed by atoms with Crippen molar-refractivity contribution in [3.8, 4) is 28.1 Å². The van der Waals surface area contributed by atoms with Crippen molar-refractivity contribution in [2.45, 2.75) is 83.1 Å². The highest BCUT2D eigenvalue weighted by Gasteiger charge is 2.49. The van der Waals surface area contributed by atoms with Gasteiger partial charge in [-0.1, -0.05) is 38.5 Å². The molecule has 4 N–H and O–H groups in total. The maximum atomic E-state index is 14.2. The standard InChI is InChI=1S/C39H43N7O4/c1-20(2)34(45-39(48)49-3)38(47)46-31-8-4-6-23(31)16-32(46)37-42-28-12-10-21-15-27-25-11-9-22(30-18-41-36(43-30)29-7-5-13-40-29)14-24(25)19-50-33(27)17-26(21)35(28)44-37/h9-12,14-15,17-18,20,23,29,31-32,34,40H,4-8,13,16,19H2,1-3H3,(H,41,43)(H,42,44)(H,45,48)/t23-,29?,31-,32-,34-/m0/s1. The molecule has 9 rings (SSSR count). The van der Waals surface area contributed by atoms with Gasteiger partial charge in [-0.15, -0.1) is 0 Å². The van der Waals surface area contributed by atoms with Gasteiger partial charge in [0.1, 0.15) is 30.0 Å². The van der Waals surface area contributed by atoms with Crippen molar-refractivity contribution in [1.29, 1.82) is 0 Å². The van der Waals surface area contributed by atoms with Crippen LogP contribution in [0.1, 0.15) is 81.7 Å². The van der Waals surface area contributed by atoms with Crippen LogP contribution in [-0.4, -0.2) is 62.6 Å². The van der Waals surface area contributed by atoms with Gasteiger partial charge in [0.2, 0.25) is 5.91 Å². The zero-order chi connectivity index (χ0) is 34.1. The number of nitrogens with zero attached hydrogens (tertiary/aromatic N) is 3. The first-order valence-corrected chi connectivity index (χ1v) is 18.0. The van der Waals surface area contributed by atoms with Gasteiger partial charge in [-0.25, -0.2) is 14.8 Å². The van der Waals surface area contributed by atoms with Crippen molar-refractivity contribution >= 4 is 33.8 Å². The minimum absolute atomic E-state index is 0.0711. The fourth-order valence-corrected chi connectivity index (χ4v) is 8.93. The molecule has 3 aliphatic heterocycles. The highest BCUT2D eigenvalue weighted by Crippen LogP contribution is 2.48. The number of aromatic amines is 2. The van der Waals surface area contributed by atoms with Crippen molar-refractivity contribution < 1.29 is 19.1 Å². The van der Waals surface area contributed by atoms with Crippen LogP contribution < -0.4 is 15.4 Å². The number of carbonyl (C=O) groups is 2. The first-order valence-electron chi connectivity index (χ1n) is 18.0. The summed E-state index contributed by atoms with van der Waals surface area (Å²) in [5.41, 5.74) is 7.31. The molecule has 3 aromatic carbocycles. The Hall–Kier alpha value is -4.90. The second-order valence-electron chi connectivity index (χ2n) is 14.8. The van der Waals surface area contributed by atoms with Crippen LogP contribution in [0.4, 0.5) is 4.79 Å². The number of hydrogen-bond donors (Lipinski definition) is 4. The van der Waals surface area contributed by atoms with Crippen LogP contribution in [0.2, 0.25) is 0 Å². The minimum atomic E-state index is -0.677. The highest BCUT2D eigenvalue weighted by molar-refractivity contribution is 6.07. The number of methoxy groups -OCH3 is 1. The van der Waals surface area contributed by atoms with Crippen molar-refractivity contribution in [2.24, 2.45) is 11.8 Å². The monoisotopic (exact) mass is 673 g/mol. The highest BCUT2D eigenvalue weighted by atomic mass is 16.5. The molecule has 50 heavy (non-hydrogen) atoms.